The van der Waals surface area contributed by atoms with Gasteiger partial charge in [-0.3, -0.25) is 9.52 Å². The first-order valence-electron chi connectivity index (χ1n) is 10.5. The van der Waals surface area contributed by atoms with Crippen LogP contribution in [0.4, 0.5) is 16.6 Å². The highest BCUT2D eigenvalue weighted by Gasteiger charge is 2.26. The fourth-order valence-corrected chi connectivity index (χ4v) is 5.06. The molecule has 0 aliphatic carbocycles. The average Bonchev–Trinajstić information content (AvgIpc) is 3.48. The third kappa shape index (κ3) is 4.97. The Balaban J connectivity index is 1.17. The van der Waals surface area contributed by atoms with Crippen LogP contribution in [0.25, 0.3) is 16.9 Å². The van der Waals surface area contributed by atoms with Crippen molar-refractivity contribution in [1.82, 2.24) is 30.2 Å². The maximum Gasteiger partial charge on any atom is 0.229 e. The molecule has 176 valence electrons. The summed E-state index contributed by atoms with van der Waals surface area (Å²) in [7, 11) is -3.33. The normalized spacial score (nSPS) is 14.9. The zero-order chi connectivity index (χ0) is 23.7. The van der Waals surface area contributed by atoms with E-state index in [0.29, 0.717) is 48.1 Å². The summed E-state index contributed by atoms with van der Waals surface area (Å²) in [4.78, 5) is 19.4. The number of anilines is 3. The molecular formula is C20H21N9O3S2. The molecule has 1 saturated heterocycles. The molecule has 1 aromatic carbocycles. The van der Waals surface area contributed by atoms with Gasteiger partial charge in [-0.1, -0.05) is 12.1 Å². The van der Waals surface area contributed by atoms with Crippen molar-refractivity contribution < 1.29 is 13.2 Å². The van der Waals surface area contributed by atoms with Gasteiger partial charge in [-0.25, -0.2) is 13.4 Å². The van der Waals surface area contributed by atoms with Crippen LogP contribution in [0.3, 0.4) is 0 Å². The number of carbonyl (C=O) groups excluding carboxylic acids is 1. The average molecular weight is 500 g/mol. The van der Waals surface area contributed by atoms with Gasteiger partial charge in [0.2, 0.25) is 15.9 Å². The van der Waals surface area contributed by atoms with Crippen molar-refractivity contribution in [2.24, 2.45) is 5.92 Å². The minimum atomic E-state index is -3.33. The summed E-state index contributed by atoms with van der Waals surface area (Å²) in [6.45, 7) is 1.41. The second-order valence-corrected chi connectivity index (χ2v) is 10.6. The van der Waals surface area contributed by atoms with E-state index in [9.17, 15) is 13.2 Å². The predicted octanol–water partition coefficient (Wildman–Crippen LogP) is 1.87. The van der Waals surface area contributed by atoms with Crippen molar-refractivity contribution in [1.29, 1.82) is 0 Å². The Morgan fingerprint density at radius 1 is 1.12 bits per heavy atom. The SMILES string of the molecule is CS(=O)(=O)Nc1ccc(-c2csc(NC(=O)C3CCN(c4ccc5nnnn5n4)CC3)n2)cc1. The molecule has 0 bridgehead atoms. The van der Waals surface area contributed by atoms with E-state index in [0.717, 1.165) is 17.6 Å². The molecule has 1 aliphatic heterocycles. The van der Waals surface area contributed by atoms with Gasteiger partial charge in [0, 0.05) is 35.6 Å². The second-order valence-electron chi connectivity index (χ2n) is 7.96. The van der Waals surface area contributed by atoms with E-state index in [1.54, 1.807) is 24.3 Å². The summed E-state index contributed by atoms with van der Waals surface area (Å²) < 4.78 is 26.5. The van der Waals surface area contributed by atoms with E-state index in [1.165, 1.54) is 16.0 Å². The Bertz CT molecular complexity index is 1430. The Morgan fingerprint density at radius 2 is 1.88 bits per heavy atom. The van der Waals surface area contributed by atoms with Gasteiger partial charge in [-0.15, -0.1) is 26.2 Å². The van der Waals surface area contributed by atoms with Crippen LogP contribution < -0.4 is 14.9 Å². The van der Waals surface area contributed by atoms with Gasteiger partial charge in [0.05, 0.1) is 11.9 Å². The third-order valence-electron chi connectivity index (χ3n) is 5.46. The van der Waals surface area contributed by atoms with E-state index >= 15 is 0 Å². The van der Waals surface area contributed by atoms with Gasteiger partial charge in [0.25, 0.3) is 0 Å². The van der Waals surface area contributed by atoms with Gasteiger partial charge in [-0.05, 0) is 47.5 Å². The van der Waals surface area contributed by atoms with Crippen LogP contribution in [0, 0.1) is 5.92 Å². The summed E-state index contributed by atoms with van der Waals surface area (Å²) in [5.41, 5.74) is 2.61. The molecule has 0 saturated carbocycles. The standard InChI is InChI=1S/C20H21N9O3S2/c1-34(31,32)25-15-4-2-13(3-5-15)16-12-33-20(21-16)22-19(30)14-8-10-28(11-9-14)18-7-6-17-23-26-27-29(17)24-18/h2-7,12,14,25H,8-11H2,1H3,(H,21,22,30). The van der Waals surface area contributed by atoms with E-state index in [4.69, 9.17) is 0 Å². The first-order chi connectivity index (χ1) is 16.3. The topological polar surface area (TPSA) is 147 Å². The second kappa shape index (κ2) is 8.95. The first kappa shape index (κ1) is 22.2. The number of sulfonamides is 1. The quantitative estimate of drug-likeness (QED) is 0.406. The van der Waals surface area contributed by atoms with Crippen LogP contribution in [0.15, 0.2) is 41.8 Å². The lowest BCUT2D eigenvalue weighted by Gasteiger charge is -2.31. The van der Waals surface area contributed by atoms with Gasteiger partial charge >= 0.3 is 0 Å². The molecule has 1 amide bonds. The zero-order valence-electron chi connectivity index (χ0n) is 18.1. The fourth-order valence-electron chi connectivity index (χ4n) is 3.77. The molecule has 0 unspecified atom stereocenters. The number of tetrazole rings is 1. The largest absolute Gasteiger partial charge is 0.355 e. The molecule has 3 aromatic heterocycles. The van der Waals surface area contributed by atoms with Gasteiger partial charge in [0.1, 0.15) is 0 Å². The highest BCUT2D eigenvalue weighted by atomic mass is 32.2. The van der Waals surface area contributed by atoms with E-state index in [1.807, 2.05) is 17.5 Å². The van der Waals surface area contributed by atoms with Gasteiger partial charge in [0.15, 0.2) is 16.6 Å². The van der Waals surface area contributed by atoms with Crippen molar-refractivity contribution in [2.45, 2.75) is 12.8 Å². The minimum Gasteiger partial charge on any atom is -0.355 e. The number of fused-ring (bicyclic) bond motifs is 1. The molecule has 0 atom stereocenters. The molecule has 12 nitrogen and oxygen atoms in total. The number of carbonyl (C=O) groups is 1. The van der Waals surface area contributed by atoms with Crippen LogP contribution >= 0.6 is 11.3 Å². The smallest absolute Gasteiger partial charge is 0.229 e. The molecule has 0 spiro atoms. The molecule has 1 aliphatic rings. The molecule has 0 radical (unpaired) electrons. The van der Waals surface area contributed by atoms with E-state index in [2.05, 4.69) is 40.5 Å². The van der Waals surface area contributed by atoms with Crippen LogP contribution in [-0.2, 0) is 14.8 Å². The molecule has 2 N–H and O–H groups in total. The van der Waals surface area contributed by atoms with Gasteiger partial charge < -0.3 is 10.2 Å². The van der Waals surface area contributed by atoms with Crippen molar-refractivity contribution in [3.63, 3.8) is 0 Å². The highest BCUT2D eigenvalue weighted by molar-refractivity contribution is 7.92. The number of aromatic nitrogens is 6. The summed E-state index contributed by atoms with van der Waals surface area (Å²) in [5, 5.41) is 21.0. The summed E-state index contributed by atoms with van der Waals surface area (Å²) >= 11 is 1.35. The summed E-state index contributed by atoms with van der Waals surface area (Å²) in [5.74, 6) is 0.625. The van der Waals surface area contributed by atoms with Crippen molar-refractivity contribution in [3.05, 3.63) is 41.8 Å². The Morgan fingerprint density at radius 3 is 2.62 bits per heavy atom. The lowest BCUT2D eigenvalue weighted by Crippen LogP contribution is -2.38. The lowest BCUT2D eigenvalue weighted by atomic mass is 9.96. The van der Waals surface area contributed by atoms with Crippen molar-refractivity contribution >= 4 is 49.6 Å². The molecule has 14 heteroatoms. The van der Waals surface area contributed by atoms with Crippen LogP contribution in [0.1, 0.15) is 12.8 Å². The number of piperidine rings is 1. The van der Waals surface area contributed by atoms with Crippen LogP contribution in [-0.4, -0.2) is 63.9 Å². The van der Waals surface area contributed by atoms with Crippen molar-refractivity contribution in [2.75, 3.05) is 34.3 Å². The number of hydrogen-bond acceptors (Lipinski definition) is 10. The molecule has 4 heterocycles. The summed E-state index contributed by atoms with van der Waals surface area (Å²) in [6.07, 6.45) is 2.51. The number of benzene rings is 1. The highest BCUT2D eigenvalue weighted by Crippen LogP contribution is 2.28. The van der Waals surface area contributed by atoms with Crippen molar-refractivity contribution in [3.8, 4) is 11.3 Å². The number of amides is 1. The molecular weight excluding hydrogens is 478 g/mol. The lowest BCUT2D eigenvalue weighted by molar-refractivity contribution is -0.120. The third-order valence-corrected chi connectivity index (χ3v) is 6.83. The predicted molar refractivity (Wildman–Crippen MR) is 128 cm³/mol. The van der Waals surface area contributed by atoms with Gasteiger partial charge in [-0.2, -0.15) is 0 Å². The maximum atomic E-state index is 12.8. The zero-order valence-corrected chi connectivity index (χ0v) is 19.8. The summed E-state index contributed by atoms with van der Waals surface area (Å²) in [6, 6.07) is 10.6. The number of nitrogens with one attached hydrogen (secondary N) is 2. The molecule has 1 fully saturated rings. The Labute approximate surface area is 199 Å². The Kier molecular flexibility index (Phi) is 5.83. The molecule has 5 rings (SSSR count). The minimum absolute atomic E-state index is 0.0443. The fraction of sp³-hybridized carbons (Fsp3) is 0.300. The number of nitrogens with zero attached hydrogens (tertiary/aromatic N) is 7. The number of thiazole rings is 1. The first-order valence-corrected chi connectivity index (χ1v) is 13.3. The Hall–Kier alpha value is -3.65. The van der Waals surface area contributed by atoms with Crippen LogP contribution in [0.2, 0.25) is 0 Å². The van der Waals surface area contributed by atoms with E-state index < -0.39 is 10.0 Å². The molecule has 34 heavy (non-hydrogen) atoms. The maximum absolute atomic E-state index is 12.8. The van der Waals surface area contributed by atoms with Crippen LogP contribution in [0.5, 0.6) is 0 Å². The number of hydrogen-bond donors (Lipinski definition) is 2. The monoisotopic (exact) mass is 499 g/mol. The van der Waals surface area contributed by atoms with E-state index in [-0.39, 0.29) is 11.8 Å². The number of rotatable bonds is 6. The molecule has 4 aromatic rings.